The molecular weight excluding hydrogens is 330 g/mol. The largest absolute Gasteiger partial charge is 0.378 e. The van der Waals surface area contributed by atoms with Gasteiger partial charge in [0.2, 0.25) is 11.8 Å². The van der Waals surface area contributed by atoms with Crippen LogP contribution >= 0.6 is 0 Å². The minimum absolute atomic E-state index is 0.0246. The van der Waals surface area contributed by atoms with E-state index >= 15 is 0 Å². The number of unbranched alkanes of at least 4 members (excludes halogenated alkanes) is 1. The highest BCUT2D eigenvalue weighted by Gasteiger charge is 2.28. The number of nitrogens with zero attached hydrogens (tertiary/aromatic N) is 1. The van der Waals surface area contributed by atoms with Gasteiger partial charge in [-0.25, -0.2) is 0 Å². The average molecular weight is 357 g/mol. The Morgan fingerprint density at radius 3 is 2.81 bits per heavy atom. The number of amides is 2. The van der Waals surface area contributed by atoms with Gasteiger partial charge in [0.05, 0.1) is 13.2 Å². The van der Waals surface area contributed by atoms with Crippen molar-refractivity contribution in [3.8, 4) is 0 Å². The summed E-state index contributed by atoms with van der Waals surface area (Å²) in [4.78, 5) is 30.3. The zero-order chi connectivity index (χ0) is 18.4. The number of fused-ring (bicyclic) bond motifs is 1. The molecule has 1 aromatic heterocycles. The van der Waals surface area contributed by atoms with E-state index in [2.05, 4.69) is 17.2 Å². The van der Waals surface area contributed by atoms with Crippen molar-refractivity contribution in [2.75, 3.05) is 26.3 Å². The maximum absolute atomic E-state index is 13.0. The summed E-state index contributed by atoms with van der Waals surface area (Å²) in [7, 11) is 0. The number of rotatable bonds is 7. The maximum atomic E-state index is 13.0. The summed E-state index contributed by atoms with van der Waals surface area (Å²) >= 11 is 0. The summed E-state index contributed by atoms with van der Waals surface area (Å²) in [6.07, 6.45) is 4.66. The van der Waals surface area contributed by atoms with Crippen LogP contribution in [0.15, 0.2) is 30.5 Å². The second kappa shape index (κ2) is 8.85. The van der Waals surface area contributed by atoms with E-state index in [-0.39, 0.29) is 11.8 Å². The SMILES string of the molecule is CCCCC(=O)N[C@@H](Cc1c[nH]c2ccccc12)C(=O)N1CCOCC1. The fourth-order valence-corrected chi connectivity index (χ4v) is 3.33. The second-order valence-electron chi connectivity index (χ2n) is 6.72. The van der Waals surface area contributed by atoms with Gasteiger partial charge in [-0.05, 0) is 18.1 Å². The molecule has 1 aliphatic rings. The molecule has 0 bridgehead atoms. The first-order chi connectivity index (χ1) is 12.7. The van der Waals surface area contributed by atoms with Crippen molar-refractivity contribution in [3.63, 3.8) is 0 Å². The Morgan fingerprint density at radius 2 is 2.04 bits per heavy atom. The topological polar surface area (TPSA) is 74.4 Å². The first-order valence-corrected chi connectivity index (χ1v) is 9.40. The van der Waals surface area contributed by atoms with Gasteiger partial charge in [-0.2, -0.15) is 0 Å². The number of carbonyl (C=O) groups is 2. The van der Waals surface area contributed by atoms with Gasteiger partial charge in [0.25, 0.3) is 0 Å². The number of para-hydroxylation sites is 1. The van der Waals surface area contributed by atoms with Crippen molar-refractivity contribution in [2.45, 2.75) is 38.6 Å². The standard InChI is InChI=1S/C20H27N3O3/c1-2-3-8-19(24)22-18(20(25)23-9-11-26-12-10-23)13-15-14-21-17-7-5-4-6-16(15)17/h4-7,14,18,21H,2-3,8-13H2,1H3,(H,22,24)/t18-/m0/s1. The van der Waals surface area contributed by atoms with E-state index in [0.29, 0.717) is 39.1 Å². The Hall–Kier alpha value is -2.34. The van der Waals surface area contributed by atoms with Crippen molar-refractivity contribution in [3.05, 3.63) is 36.0 Å². The van der Waals surface area contributed by atoms with E-state index in [1.807, 2.05) is 30.5 Å². The van der Waals surface area contributed by atoms with E-state index in [9.17, 15) is 9.59 Å². The van der Waals surface area contributed by atoms with Crippen LogP contribution in [0.3, 0.4) is 0 Å². The van der Waals surface area contributed by atoms with E-state index in [1.54, 1.807) is 4.90 Å². The van der Waals surface area contributed by atoms with Crippen molar-refractivity contribution in [1.29, 1.82) is 0 Å². The van der Waals surface area contributed by atoms with Crippen molar-refractivity contribution in [1.82, 2.24) is 15.2 Å². The van der Waals surface area contributed by atoms with Crippen LogP contribution in [0.1, 0.15) is 31.7 Å². The van der Waals surface area contributed by atoms with Crippen molar-refractivity contribution >= 4 is 22.7 Å². The molecular formula is C20H27N3O3. The number of ether oxygens (including phenoxy) is 1. The van der Waals surface area contributed by atoms with Crippen LogP contribution < -0.4 is 5.32 Å². The summed E-state index contributed by atoms with van der Waals surface area (Å²) in [5.74, 6) is -0.0817. The smallest absolute Gasteiger partial charge is 0.245 e. The number of morpholine rings is 1. The molecule has 26 heavy (non-hydrogen) atoms. The zero-order valence-electron chi connectivity index (χ0n) is 15.3. The van der Waals surface area contributed by atoms with Crippen LogP contribution in [0.25, 0.3) is 10.9 Å². The first kappa shape index (κ1) is 18.5. The summed E-state index contributed by atoms with van der Waals surface area (Å²) in [5, 5.41) is 4.06. The van der Waals surface area contributed by atoms with Gasteiger partial charge in [-0.15, -0.1) is 0 Å². The lowest BCUT2D eigenvalue weighted by molar-refractivity contribution is -0.139. The number of aromatic amines is 1. The van der Waals surface area contributed by atoms with Gasteiger partial charge in [0.15, 0.2) is 0 Å². The highest BCUT2D eigenvalue weighted by Crippen LogP contribution is 2.20. The quantitative estimate of drug-likeness (QED) is 0.798. The molecule has 1 atom stereocenters. The highest BCUT2D eigenvalue weighted by molar-refractivity contribution is 5.89. The van der Waals surface area contributed by atoms with E-state index in [4.69, 9.17) is 4.74 Å². The fourth-order valence-electron chi connectivity index (χ4n) is 3.33. The maximum Gasteiger partial charge on any atom is 0.245 e. The average Bonchev–Trinajstić information content (AvgIpc) is 3.09. The molecule has 3 rings (SSSR count). The summed E-state index contributed by atoms with van der Waals surface area (Å²) in [6.45, 7) is 4.31. The number of hydrogen-bond donors (Lipinski definition) is 2. The number of nitrogens with one attached hydrogen (secondary N) is 2. The normalized spacial score (nSPS) is 15.8. The lowest BCUT2D eigenvalue weighted by Crippen LogP contribution is -2.52. The molecule has 1 aromatic carbocycles. The summed E-state index contributed by atoms with van der Waals surface area (Å²) < 4.78 is 5.34. The Balaban J connectivity index is 1.77. The molecule has 1 saturated heterocycles. The molecule has 140 valence electrons. The van der Waals surface area contributed by atoms with Crippen LogP contribution in [0.5, 0.6) is 0 Å². The van der Waals surface area contributed by atoms with Gasteiger partial charge >= 0.3 is 0 Å². The number of H-pyrrole nitrogens is 1. The third-order valence-corrected chi connectivity index (χ3v) is 4.81. The molecule has 1 aliphatic heterocycles. The van der Waals surface area contributed by atoms with Crippen LogP contribution in [-0.4, -0.2) is 54.0 Å². The van der Waals surface area contributed by atoms with Crippen LogP contribution in [0.4, 0.5) is 0 Å². The lowest BCUT2D eigenvalue weighted by atomic mass is 10.0. The number of aromatic nitrogens is 1. The Kier molecular flexibility index (Phi) is 6.28. The monoisotopic (exact) mass is 357 g/mol. The van der Waals surface area contributed by atoms with Crippen LogP contribution in [-0.2, 0) is 20.7 Å². The number of hydrogen-bond acceptors (Lipinski definition) is 3. The van der Waals surface area contributed by atoms with Crippen LogP contribution in [0.2, 0.25) is 0 Å². The molecule has 0 spiro atoms. The van der Waals surface area contributed by atoms with E-state index in [0.717, 1.165) is 29.3 Å². The molecule has 1 fully saturated rings. The Bertz CT molecular complexity index is 750. The predicted molar refractivity (Wildman–Crippen MR) is 101 cm³/mol. The zero-order valence-corrected chi connectivity index (χ0v) is 15.3. The molecule has 2 heterocycles. The minimum Gasteiger partial charge on any atom is -0.378 e. The second-order valence-corrected chi connectivity index (χ2v) is 6.72. The van der Waals surface area contributed by atoms with E-state index in [1.165, 1.54) is 0 Å². The van der Waals surface area contributed by atoms with Crippen molar-refractivity contribution in [2.24, 2.45) is 0 Å². The Morgan fingerprint density at radius 1 is 1.27 bits per heavy atom. The predicted octanol–water partition coefficient (Wildman–Crippen LogP) is 2.24. The van der Waals surface area contributed by atoms with E-state index < -0.39 is 6.04 Å². The van der Waals surface area contributed by atoms with Gasteiger partial charge in [-0.1, -0.05) is 31.5 Å². The molecule has 2 aromatic rings. The number of carbonyl (C=O) groups excluding carboxylic acids is 2. The lowest BCUT2D eigenvalue weighted by Gasteiger charge is -2.30. The van der Waals surface area contributed by atoms with Gasteiger partial charge < -0.3 is 19.9 Å². The molecule has 0 unspecified atom stereocenters. The summed E-state index contributed by atoms with van der Waals surface area (Å²) in [5.41, 5.74) is 2.08. The molecule has 0 saturated carbocycles. The molecule has 0 radical (unpaired) electrons. The molecule has 6 nitrogen and oxygen atoms in total. The molecule has 0 aliphatic carbocycles. The molecule has 6 heteroatoms. The first-order valence-electron chi connectivity index (χ1n) is 9.40. The third kappa shape index (κ3) is 4.43. The number of benzene rings is 1. The third-order valence-electron chi connectivity index (χ3n) is 4.81. The summed E-state index contributed by atoms with van der Waals surface area (Å²) in [6, 6.07) is 7.47. The Labute approximate surface area is 153 Å². The minimum atomic E-state index is -0.545. The van der Waals surface area contributed by atoms with Gasteiger partial charge in [0, 0.05) is 43.0 Å². The fraction of sp³-hybridized carbons (Fsp3) is 0.500. The van der Waals surface area contributed by atoms with Gasteiger partial charge in [0.1, 0.15) is 6.04 Å². The highest BCUT2D eigenvalue weighted by atomic mass is 16.5. The molecule has 2 N–H and O–H groups in total. The van der Waals surface area contributed by atoms with Gasteiger partial charge in [-0.3, -0.25) is 9.59 Å². The molecule has 2 amide bonds. The van der Waals surface area contributed by atoms with Crippen LogP contribution in [0, 0.1) is 0 Å². The van der Waals surface area contributed by atoms with Crippen molar-refractivity contribution < 1.29 is 14.3 Å².